The van der Waals surface area contributed by atoms with E-state index in [-0.39, 0.29) is 0 Å². The van der Waals surface area contributed by atoms with Gasteiger partial charge in [0, 0.05) is 11.1 Å². The topological polar surface area (TPSA) is 70.5 Å². The van der Waals surface area contributed by atoms with Gasteiger partial charge in [0.05, 0.1) is 23.8 Å². The van der Waals surface area contributed by atoms with Crippen LogP contribution in [0.2, 0.25) is 5.02 Å². The summed E-state index contributed by atoms with van der Waals surface area (Å²) in [4.78, 5) is 20.4. The van der Waals surface area contributed by atoms with Crippen LogP contribution in [0.1, 0.15) is 13.8 Å². The molecule has 0 saturated heterocycles. The standard InChI is InChI=1S/C19H17ClN2O4/c1-3-24-19(23)12(2)25-14-5-4-6-15(10-14)26-18-11-21-17-9-13(20)7-8-16(17)22-18/h4-12H,3H2,1-2H3. The first-order chi connectivity index (χ1) is 12.5. The van der Waals surface area contributed by atoms with E-state index in [1.165, 1.54) is 6.20 Å². The van der Waals surface area contributed by atoms with Gasteiger partial charge >= 0.3 is 5.97 Å². The molecule has 1 atom stereocenters. The molecule has 0 spiro atoms. The molecule has 2 aromatic carbocycles. The Bertz CT molecular complexity index is 932. The molecule has 0 N–H and O–H groups in total. The third-order valence-electron chi connectivity index (χ3n) is 3.44. The highest BCUT2D eigenvalue weighted by atomic mass is 35.5. The summed E-state index contributed by atoms with van der Waals surface area (Å²) in [7, 11) is 0. The van der Waals surface area contributed by atoms with Gasteiger partial charge in [-0.3, -0.25) is 0 Å². The Balaban J connectivity index is 1.74. The summed E-state index contributed by atoms with van der Waals surface area (Å²) >= 11 is 5.94. The highest BCUT2D eigenvalue weighted by Crippen LogP contribution is 2.26. The van der Waals surface area contributed by atoms with Crippen molar-refractivity contribution in [2.75, 3.05) is 6.61 Å². The fourth-order valence-electron chi connectivity index (χ4n) is 2.26. The lowest BCUT2D eigenvalue weighted by Crippen LogP contribution is -2.26. The summed E-state index contributed by atoms with van der Waals surface area (Å²) < 4.78 is 16.3. The Morgan fingerprint density at radius 1 is 1.15 bits per heavy atom. The molecule has 3 rings (SSSR count). The summed E-state index contributed by atoms with van der Waals surface area (Å²) in [5, 5.41) is 0.598. The highest BCUT2D eigenvalue weighted by molar-refractivity contribution is 6.31. The van der Waals surface area contributed by atoms with Crippen molar-refractivity contribution in [3.05, 3.63) is 53.7 Å². The van der Waals surface area contributed by atoms with Crippen molar-refractivity contribution in [1.29, 1.82) is 0 Å². The quantitative estimate of drug-likeness (QED) is 0.597. The number of hydrogen-bond acceptors (Lipinski definition) is 6. The van der Waals surface area contributed by atoms with Crippen LogP contribution in [0.15, 0.2) is 48.7 Å². The van der Waals surface area contributed by atoms with E-state index in [9.17, 15) is 4.79 Å². The molecule has 7 heteroatoms. The summed E-state index contributed by atoms with van der Waals surface area (Å²) in [6.07, 6.45) is 0.809. The van der Waals surface area contributed by atoms with Gasteiger partial charge in [0.2, 0.25) is 5.88 Å². The fraction of sp³-hybridized carbons (Fsp3) is 0.211. The van der Waals surface area contributed by atoms with E-state index in [0.717, 1.165) is 0 Å². The van der Waals surface area contributed by atoms with Crippen molar-refractivity contribution in [2.24, 2.45) is 0 Å². The van der Waals surface area contributed by atoms with E-state index in [0.29, 0.717) is 40.0 Å². The number of halogens is 1. The van der Waals surface area contributed by atoms with Crippen LogP contribution >= 0.6 is 11.6 Å². The van der Waals surface area contributed by atoms with Crippen LogP contribution in [-0.4, -0.2) is 28.6 Å². The zero-order valence-corrected chi connectivity index (χ0v) is 15.1. The van der Waals surface area contributed by atoms with Crippen LogP contribution in [0.5, 0.6) is 17.4 Å². The molecule has 1 heterocycles. The zero-order valence-electron chi connectivity index (χ0n) is 14.3. The number of hydrogen-bond donors (Lipinski definition) is 0. The molecule has 1 aromatic heterocycles. The van der Waals surface area contributed by atoms with E-state index >= 15 is 0 Å². The molecular weight excluding hydrogens is 356 g/mol. The Kier molecular flexibility index (Phi) is 5.53. The zero-order chi connectivity index (χ0) is 18.5. The first kappa shape index (κ1) is 17.9. The average Bonchev–Trinajstić information content (AvgIpc) is 2.62. The summed E-state index contributed by atoms with van der Waals surface area (Å²) in [5.41, 5.74) is 1.36. The van der Waals surface area contributed by atoms with Gasteiger partial charge in [-0.05, 0) is 44.2 Å². The molecule has 134 valence electrons. The maximum atomic E-state index is 11.7. The Hall–Kier alpha value is -2.86. The largest absolute Gasteiger partial charge is 0.479 e. The van der Waals surface area contributed by atoms with E-state index in [4.69, 9.17) is 25.8 Å². The molecule has 0 aliphatic heterocycles. The molecule has 0 aliphatic rings. The van der Waals surface area contributed by atoms with Gasteiger partial charge in [0.1, 0.15) is 11.5 Å². The molecule has 0 fully saturated rings. The van der Waals surface area contributed by atoms with Gasteiger partial charge in [0.15, 0.2) is 6.10 Å². The lowest BCUT2D eigenvalue weighted by atomic mass is 10.3. The van der Waals surface area contributed by atoms with Gasteiger partial charge in [-0.1, -0.05) is 17.7 Å². The van der Waals surface area contributed by atoms with Gasteiger partial charge in [-0.2, -0.15) is 0 Å². The molecule has 1 unspecified atom stereocenters. The van der Waals surface area contributed by atoms with Crippen molar-refractivity contribution in [2.45, 2.75) is 20.0 Å². The summed E-state index contributed by atoms with van der Waals surface area (Å²) in [5.74, 6) is 0.929. The number of ether oxygens (including phenoxy) is 3. The minimum Gasteiger partial charge on any atom is -0.479 e. The molecule has 0 saturated carbocycles. The highest BCUT2D eigenvalue weighted by Gasteiger charge is 2.16. The van der Waals surface area contributed by atoms with Crippen molar-refractivity contribution < 1.29 is 19.0 Å². The van der Waals surface area contributed by atoms with Gasteiger partial charge in [-0.15, -0.1) is 0 Å². The van der Waals surface area contributed by atoms with Crippen molar-refractivity contribution in [3.8, 4) is 17.4 Å². The van der Waals surface area contributed by atoms with Crippen LogP contribution in [-0.2, 0) is 9.53 Å². The lowest BCUT2D eigenvalue weighted by molar-refractivity contribution is -0.150. The Labute approximate surface area is 155 Å². The number of rotatable bonds is 6. The SMILES string of the molecule is CCOC(=O)C(C)Oc1cccc(Oc2cnc3cc(Cl)ccc3n2)c1. The number of benzene rings is 2. The Morgan fingerprint density at radius 3 is 2.77 bits per heavy atom. The predicted molar refractivity (Wildman–Crippen MR) is 97.8 cm³/mol. The molecule has 0 amide bonds. The smallest absolute Gasteiger partial charge is 0.347 e. The minimum absolute atomic E-state index is 0.307. The molecular formula is C19H17ClN2O4. The van der Waals surface area contributed by atoms with E-state index in [1.807, 2.05) is 0 Å². The van der Waals surface area contributed by atoms with E-state index in [2.05, 4.69) is 9.97 Å². The van der Waals surface area contributed by atoms with E-state index in [1.54, 1.807) is 56.3 Å². The van der Waals surface area contributed by atoms with Crippen LogP contribution < -0.4 is 9.47 Å². The first-order valence-corrected chi connectivity index (χ1v) is 8.46. The van der Waals surface area contributed by atoms with Gasteiger partial charge in [0.25, 0.3) is 0 Å². The molecule has 6 nitrogen and oxygen atoms in total. The number of esters is 1. The normalized spacial score (nSPS) is 11.8. The second kappa shape index (κ2) is 8.01. The monoisotopic (exact) mass is 372 g/mol. The Morgan fingerprint density at radius 2 is 1.96 bits per heavy atom. The van der Waals surface area contributed by atoms with Gasteiger partial charge in [-0.25, -0.2) is 14.8 Å². The van der Waals surface area contributed by atoms with Crippen molar-refractivity contribution in [3.63, 3.8) is 0 Å². The number of nitrogens with zero attached hydrogens (tertiary/aromatic N) is 2. The second-order valence-electron chi connectivity index (χ2n) is 5.43. The molecule has 0 bridgehead atoms. The number of fused-ring (bicyclic) bond motifs is 1. The number of carbonyl (C=O) groups excluding carboxylic acids is 1. The third-order valence-corrected chi connectivity index (χ3v) is 3.68. The van der Waals surface area contributed by atoms with E-state index < -0.39 is 12.1 Å². The number of carbonyl (C=O) groups is 1. The van der Waals surface area contributed by atoms with Crippen LogP contribution in [0.4, 0.5) is 0 Å². The maximum Gasteiger partial charge on any atom is 0.347 e. The first-order valence-electron chi connectivity index (χ1n) is 8.08. The fourth-order valence-corrected chi connectivity index (χ4v) is 2.43. The van der Waals surface area contributed by atoms with Crippen LogP contribution in [0.3, 0.4) is 0 Å². The molecule has 3 aromatic rings. The molecule has 0 aliphatic carbocycles. The maximum absolute atomic E-state index is 11.7. The molecule has 0 radical (unpaired) electrons. The van der Waals surface area contributed by atoms with Gasteiger partial charge < -0.3 is 14.2 Å². The minimum atomic E-state index is -0.713. The van der Waals surface area contributed by atoms with Crippen LogP contribution in [0, 0.1) is 0 Å². The van der Waals surface area contributed by atoms with Crippen LogP contribution in [0.25, 0.3) is 11.0 Å². The van der Waals surface area contributed by atoms with Crippen molar-refractivity contribution in [1.82, 2.24) is 9.97 Å². The summed E-state index contributed by atoms with van der Waals surface area (Å²) in [6.45, 7) is 3.69. The van der Waals surface area contributed by atoms with Crippen molar-refractivity contribution >= 4 is 28.6 Å². The average molecular weight is 373 g/mol. The molecule has 26 heavy (non-hydrogen) atoms. The predicted octanol–water partition coefficient (Wildman–Crippen LogP) is 4.41. The number of aromatic nitrogens is 2. The lowest BCUT2D eigenvalue weighted by Gasteiger charge is -2.14. The second-order valence-corrected chi connectivity index (χ2v) is 5.87. The summed E-state index contributed by atoms with van der Waals surface area (Å²) in [6, 6.07) is 12.2. The third kappa shape index (κ3) is 4.40.